The molecule has 90 valence electrons. The second-order valence-corrected chi connectivity index (χ2v) is 4.45. The Kier molecular flexibility index (Phi) is 4.44. The minimum atomic E-state index is -0.675. The van der Waals surface area contributed by atoms with Gasteiger partial charge in [0.1, 0.15) is 0 Å². The molecule has 0 aromatic heterocycles. The molecule has 16 heavy (non-hydrogen) atoms. The molecular formula is C12H19ClN2O. The van der Waals surface area contributed by atoms with E-state index in [1.165, 1.54) is 0 Å². The number of nitrogens with one attached hydrogen (secondary N) is 1. The highest BCUT2D eigenvalue weighted by molar-refractivity contribution is 6.31. The van der Waals surface area contributed by atoms with E-state index in [9.17, 15) is 5.11 Å². The number of anilines is 2. The smallest absolute Gasteiger partial charge is 0.0814 e. The topological polar surface area (TPSA) is 58.3 Å². The summed E-state index contributed by atoms with van der Waals surface area (Å²) in [6, 6.07) is 5.29. The van der Waals surface area contributed by atoms with Crippen molar-refractivity contribution >= 4 is 23.0 Å². The Hall–Kier alpha value is -0.930. The van der Waals surface area contributed by atoms with E-state index in [-0.39, 0.29) is 0 Å². The van der Waals surface area contributed by atoms with Crippen LogP contribution in [0.15, 0.2) is 18.2 Å². The maximum Gasteiger partial charge on any atom is 0.0814 e. The Balaban J connectivity index is 2.67. The lowest BCUT2D eigenvalue weighted by Crippen LogP contribution is -2.35. The monoisotopic (exact) mass is 242 g/mol. The fourth-order valence-electron chi connectivity index (χ4n) is 1.45. The number of rotatable bonds is 5. The summed E-state index contributed by atoms with van der Waals surface area (Å²) in [7, 11) is 0. The number of nitrogens with two attached hydrogens (primary N) is 1. The number of halogens is 1. The molecule has 1 aromatic rings. The molecule has 0 bridgehead atoms. The summed E-state index contributed by atoms with van der Waals surface area (Å²) in [5.74, 6) is 0. The molecule has 1 aromatic carbocycles. The molecule has 0 saturated carbocycles. The normalized spacial score (nSPS) is 11.5. The van der Waals surface area contributed by atoms with Crippen LogP contribution < -0.4 is 11.1 Å². The summed E-state index contributed by atoms with van der Waals surface area (Å²) in [5.41, 5.74) is 6.54. The van der Waals surface area contributed by atoms with Crippen LogP contribution in [0.5, 0.6) is 0 Å². The number of hydrogen-bond acceptors (Lipinski definition) is 3. The van der Waals surface area contributed by atoms with Crippen LogP contribution >= 0.6 is 11.6 Å². The van der Waals surface area contributed by atoms with Gasteiger partial charge in [0, 0.05) is 11.6 Å². The molecule has 1 rings (SSSR count). The van der Waals surface area contributed by atoms with Crippen molar-refractivity contribution in [2.75, 3.05) is 17.6 Å². The van der Waals surface area contributed by atoms with Gasteiger partial charge in [-0.15, -0.1) is 0 Å². The van der Waals surface area contributed by atoms with Gasteiger partial charge in [-0.1, -0.05) is 25.4 Å². The van der Waals surface area contributed by atoms with Crippen molar-refractivity contribution in [3.05, 3.63) is 23.2 Å². The minimum Gasteiger partial charge on any atom is -0.397 e. The Morgan fingerprint density at radius 2 is 2.00 bits per heavy atom. The molecule has 4 heteroatoms. The van der Waals surface area contributed by atoms with Crippen molar-refractivity contribution in [2.24, 2.45) is 0 Å². The predicted octanol–water partition coefficient (Wildman–Crippen LogP) is 2.89. The Bertz CT molecular complexity index is 351. The van der Waals surface area contributed by atoms with Crippen LogP contribution in [0, 0.1) is 0 Å². The van der Waals surface area contributed by atoms with Crippen molar-refractivity contribution in [3.63, 3.8) is 0 Å². The van der Waals surface area contributed by atoms with Gasteiger partial charge < -0.3 is 16.2 Å². The average Bonchev–Trinajstić information content (AvgIpc) is 2.27. The van der Waals surface area contributed by atoms with Gasteiger partial charge in [-0.3, -0.25) is 0 Å². The van der Waals surface area contributed by atoms with Crippen LogP contribution in [-0.2, 0) is 0 Å². The first kappa shape index (κ1) is 13.1. The number of hydrogen-bond donors (Lipinski definition) is 3. The van der Waals surface area contributed by atoms with E-state index >= 15 is 0 Å². The van der Waals surface area contributed by atoms with Crippen LogP contribution in [0.2, 0.25) is 5.02 Å². The third-order valence-electron chi connectivity index (χ3n) is 2.94. The molecule has 0 unspecified atom stereocenters. The molecule has 0 amide bonds. The fourth-order valence-corrected chi connectivity index (χ4v) is 1.63. The Morgan fingerprint density at radius 3 is 2.50 bits per heavy atom. The van der Waals surface area contributed by atoms with Gasteiger partial charge in [0.05, 0.1) is 17.0 Å². The van der Waals surface area contributed by atoms with Gasteiger partial charge >= 0.3 is 0 Å². The number of nitrogen functional groups attached to an aromatic ring is 1. The van der Waals surface area contributed by atoms with Crippen LogP contribution in [0.1, 0.15) is 26.7 Å². The van der Waals surface area contributed by atoms with Gasteiger partial charge in [-0.2, -0.15) is 0 Å². The first-order valence-electron chi connectivity index (χ1n) is 5.52. The molecular weight excluding hydrogens is 224 g/mol. The van der Waals surface area contributed by atoms with Crippen LogP contribution in [-0.4, -0.2) is 17.3 Å². The molecule has 0 spiro atoms. The lowest BCUT2D eigenvalue weighted by atomic mass is 9.97. The summed E-state index contributed by atoms with van der Waals surface area (Å²) >= 11 is 5.80. The second-order valence-electron chi connectivity index (χ2n) is 4.02. The van der Waals surface area contributed by atoms with E-state index < -0.39 is 5.60 Å². The van der Waals surface area contributed by atoms with Gasteiger partial charge in [0.2, 0.25) is 0 Å². The van der Waals surface area contributed by atoms with Crippen molar-refractivity contribution in [3.8, 4) is 0 Å². The van der Waals surface area contributed by atoms with E-state index in [4.69, 9.17) is 17.3 Å². The molecule has 0 aliphatic heterocycles. The van der Waals surface area contributed by atoms with Crippen molar-refractivity contribution in [1.29, 1.82) is 0 Å². The van der Waals surface area contributed by atoms with Crippen molar-refractivity contribution in [1.82, 2.24) is 0 Å². The molecule has 0 saturated heterocycles. The molecule has 0 fully saturated rings. The maximum atomic E-state index is 10.1. The maximum absolute atomic E-state index is 10.1. The summed E-state index contributed by atoms with van der Waals surface area (Å²) < 4.78 is 0. The lowest BCUT2D eigenvalue weighted by molar-refractivity contribution is 0.0457. The van der Waals surface area contributed by atoms with E-state index in [2.05, 4.69) is 5.32 Å². The molecule has 0 atom stereocenters. The largest absolute Gasteiger partial charge is 0.397 e. The van der Waals surface area contributed by atoms with Crippen molar-refractivity contribution < 1.29 is 5.11 Å². The van der Waals surface area contributed by atoms with Gasteiger partial charge in [0.15, 0.2) is 0 Å². The zero-order valence-corrected chi connectivity index (χ0v) is 10.5. The highest BCUT2D eigenvalue weighted by Crippen LogP contribution is 2.24. The molecule has 4 N–H and O–H groups in total. The van der Waals surface area contributed by atoms with E-state index in [0.29, 0.717) is 30.1 Å². The Morgan fingerprint density at radius 1 is 1.38 bits per heavy atom. The van der Waals surface area contributed by atoms with Gasteiger partial charge in [-0.05, 0) is 31.0 Å². The quantitative estimate of drug-likeness (QED) is 0.696. The van der Waals surface area contributed by atoms with Crippen LogP contribution in [0.4, 0.5) is 11.4 Å². The average molecular weight is 243 g/mol. The predicted molar refractivity (Wildman–Crippen MR) is 69.9 cm³/mol. The van der Waals surface area contributed by atoms with E-state index in [1.54, 1.807) is 12.1 Å². The SMILES string of the molecule is CCC(O)(CC)CNc1ccc(Cl)cc1N. The third-order valence-corrected chi connectivity index (χ3v) is 3.17. The molecule has 0 aliphatic carbocycles. The summed E-state index contributed by atoms with van der Waals surface area (Å²) in [4.78, 5) is 0. The highest BCUT2D eigenvalue weighted by atomic mass is 35.5. The Labute approximate surface area is 102 Å². The first-order valence-corrected chi connectivity index (χ1v) is 5.90. The van der Waals surface area contributed by atoms with Crippen molar-refractivity contribution in [2.45, 2.75) is 32.3 Å². The second kappa shape index (κ2) is 5.41. The zero-order valence-electron chi connectivity index (χ0n) is 9.76. The zero-order chi connectivity index (χ0) is 12.2. The van der Waals surface area contributed by atoms with Crippen LogP contribution in [0.25, 0.3) is 0 Å². The molecule has 0 aliphatic rings. The third kappa shape index (κ3) is 3.29. The van der Waals surface area contributed by atoms with E-state index in [1.807, 2.05) is 19.9 Å². The van der Waals surface area contributed by atoms with Crippen LogP contribution in [0.3, 0.4) is 0 Å². The molecule has 0 heterocycles. The number of benzene rings is 1. The lowest BCUT2D eigenvalue weighted by Gasteiger charge is -2.26. The first-order chi connectivity index (χ1) is 7.50. The summed E-state index contributed by atoms with van der Waals surface area (Å²) in [6.45, 7) is 4.43. The highest BCUT2D eigenvalue weighted by Gasteiger charge is 2.21. The summed E-state index contributed by atoms with van der Waals surface area (Å²) in [6.07, 6.45) is 1.42. The molecule has 3 nitrogen and oxygen atoms in total. The molecule has 0 radical (unpaired) electrons. The fraction of sp³-hybridized carbons (Fsp3) is 0.500. The summed E-state index contributed by atoms with van der Waals surface area (Å²) in [5, 5.41) is 13.9. The van der Waals surface area contributed by atoms with E-state index in [0.717, 1.165) is 5.69 Å². The minimum absolute atomic E-state index is 0.492. The van der Waals surface area contributed by atoms with Gasteiger partial charge in [-0.25, -0.2) is 0 Å². The number of aliphatic hydroxyl groups is 1. The van der Waals surface area contributed by atoms with Gasteiger partial charge in [0.25, 0.3) is 0 Å². The standard InChI is InChI=1S/C12H19ClN2O/c1-3-12(16,4-2)8-15-11-6-5-9(13)7-10(11)14/h5-7,15-16H,3-4,8,14H2,1-2H3.